The molecule has 0 fully saturated rings. The zero-order valence-electron chi connectivity index (χ0n) is 10.2. The van der Waals surface area contributed by atoms with Gasteiger partial charge < -0.3 is 0 Å². The molecule has 0 aliphatic carbocycles. The van der Waals surface area contributed by atoms with Crippen molar-refractivity contribution in [1.82, 2.24) is 0 Å². The maximum Gasteiger partial charge on any atom is 0.101 e. The molecule has 0 spiro atoms. The molecule has 1 aliphatic heterocycles. The van der Waals surface area contributed by atoms with E-state index in [1.165, 1.54) is 10.5 Å². The Morgan fingerprint density at radius 1 is 0.882 bits per heavy atom. The van der Waals surface area contributed by atoms with Crippen LogP contribution in [0.1, 0.15) is 10.4 Å². The van der Waals surface area contributed by atoms with E-state index in [-0.39, 0.29) is 0 Å². The lowest BCUT2D eigenvalue weighted by Crippen LogP contribution is -2.42. The second-order valence-electron chi connectivity index (χ2n) is 5.13. The van der Waals surface area contributed by atoms with Gasteiger partial charge in [0, 0.05) is 9.77 Å². The predicted molar refractivity (Wildman–Crippen MR) is 78.6 cm³/mol. The fourth-order valence-electron chi connectivity index (χ4n) is 2.63. The molecule has 3 rings (SSSR count). The monoisotopic (exact) mass is 256 g/mol. The molecule has 1 unspecified atom stereocenters. The number of rotatable bonds is 1. The minimum atomic E-state index is -1.37. The summed E-state index contributed by atoms with van der Waals surface area (Å²) < 4.78 is 0. The van der Waals surface area contributed by atoms with E-state index >= 15 is 0 Å². The van der Waals surface area contributed by atoms with Crippen LogP contribution in [0.4, 0.5) is 0 Å². The van der Waals surface area contributed by atoms with Crippen molar-refractivity contribution in [2.24, 2.45) is 0 Å². The van der Waals surface area contributed by atoms with Crippen molar-refractivity contribution < 1.29 is 0 Å². The van der Waals surface area contributed by atoms with Gasteiger partial charge in [-0.15, -0.1) is 11.8 Å². The minimum Gasteiger partial charge on any atom is -0.121 e. The van der Waals surface area contributed by atoms with Crippen LogP contribution in [0.15, 0.2) is 59.5 Å². The number of hydrogen-bond acceptors (Lipinski definition) is 1. The number of hydrogen-bond donors (Lipinski definition) is 0. The third-order valence-corrected chi connectivity index (χ3v) is 10.5. The summed E-state index contributed by atoms with van der Waals surface area (Å²) in [6.07, 6.45) is 0. The Kier molecular flexibility index (Phi) is 2.64. The van der Waals surface area contributed by atoms with Gasteiger partial charge in [0.1, 0.15) is 8.07 Å². The molecule has 0 bridgehead atoms. The Bertz CT molecular complexity index is 534. The van der Waals surface area contributed by atoms with Crippen LogP contribution < -0.4 is 5.19 Å². The molecule has 2 aromatic rings. The summed E-state index contributed by atoms with van der Waals surface area (Å²) in [6, 6.07) is 19.9. The number of thioether (sulfide) groups is 1. The Balaban J connectivity index is 2.07. The summed E-state index contributed by atoms with van der Waals surface area (Å²) in [5.41, 5.74) is 1.49. The van der Waals surface area contributed by atoms with Crippen molar-refractivity contribution in [1.29, 1.82) is 0 Å². The Morgan fingerprint density at radius 2 is 1.53 bits per heavy atom. The number of fused-ring (bicyclic) bond motifs is 1. The smallest absolute Gasteiger partial charge is 0.101 e. The first-order valence-corrected chi connectivity index (χ1v) is 9.96. The van der Waals surface area contributed by atoms with Gasteiger partial charge in [0.2, 0.25) is 0 Å². The molecular weight excluding hydrogens is 240 g/mol. The van der Waals surface area contributed by atoms with Crippen LogP contribution in [0.25, 0.3) is 0 Å². The molecule has 0 radical (unpaired) electrons. The van der Waals surface area contributed by atoms with E-state index in [1.807, 2.05) is 0 Å². The van der Waals surface area contributed by atoms with Crippen LogP contribution in [0.5, 0.6) is 0 Å². The molecule has 1 heterocycles. The second-order valence-corrected chi connectivity index (χ2v) is 11.3. The fraction of sp³-hybridized carbons (Fsp3) is 0.200. The molecule has 17 heavy (non-hydrogen) atoms. The highest BCUT2D eigenvalue weighted by Gasteiger charge is 2.42. The molecule has 2 aromatic carbocycles. The van der Waals surface area contributed by atoms with E-state index in [1.54, 1.807) is 5.19 Å². The molecule has 0 saturated heterocycles. The first-order valence-electron chi connectivity index (χ1n) is 6.01. The zero-order valence-corrected chi connectivity index (χ0v) is 12.0. The van der Waals surface area contributed by atoms with Crippen LogP contribution in [0.3, 0.4) is 0 Å². The van der Waals surface area contributed by atoms with E-state index < -0.39 is 8.07 Å². The van der Waals surface area contributed by atoms with E-state index in [9.17, 15) is 0 Å². The van der Waals surface area contributed by atoms with Crippen LogP contribution >= 0.6 is 11.8 Å². The van der Waals surface area contributed by atoms with E-state index in [4.69, 9.17) is 0 Å². The van der Waals surface area contributed by atoms with Crippen molar-refractivity contribution in [2.75, 3.05) is 0 Å². The van der Waals surface area contributed by atoms with Gasteiger partial charge >= 0.3 is 0 Å². The molecule has 1 atom stereocenters. The van der Waals surface area contributed by atoms with Gasteiger partial charge in [-0.25, -0.2) is 0 Å². The van der Waals surface area contributed by atoms with Gasteiger partial charge in [0.15, 0.2) is 0 Å². The van der Waals surface area contributed by atoms with Gasteiger partial charge in [-0.1, -0.05) is 61.6 Å². The summed E-state index contributed by atoms with van der Waals surface area (Å²) in [5, 5.41) is 1.62. The largest absolute Gasteiger partial charge is 0.121 e. The van der Waals surface area contributed by atoms with E-state index in [2.05, 4.69) is 79.5 Å². The lowest BCUT2D eigenvalue weighted by atomic mass is 10.2. The van der Waals surface area contributed by atoms with Gasteiger partial charge in [-0.3, -0.25) is 0 Å². The highest BCUT2D eigenvalue weighted by molar-refractivity contribution is 8.02. The third kappa shape index (κ3) is 1.76. The molecule has 0 aromatic heterocycles. The molecule has 0 saturated carbocycles. The first kappa shape index (κ1) is 11.1. The minimum absolute atomic E-state index is 0.668. The van der Waals surface area contributed by atoms with E-state index in [0.717, 1.165) is 0 Å². The SMILES string of the molecule is C[Si]1(C)c2ccccc2SC1c1ccccc1. The van der Waals surface area contributed by atoms with Crippen molar-refractivity contribution in [2.45, 2.75) is 22.9 Å². The van der Waals surface area contributed by atoms with Crippen LogP contribution in [0, 0.1) is 0 Å². The highest BCUT2D eigenvalue weighted by Crippen LogP contribution is 2.47. The summed E-state index contributed by atoms with van der Waals surface area (Å²) in [6.45, 7) is 4.98. The Morgan fingerprint density at radius 3 is 2.24 bits per heavy atom. The zero-order chi connectivity index (χ0) is 11.9. The summed E-state index contributed by atoms with van der Waals surface area (Å²) in [5.74, 6) is 0. The summed E-state index contributed by atoms with van der Waals surface area (Å²) >= 11 is 2.06. The van der Waals surface area contributed by atoms with Gasteiger partial charge in [0.25, 0.3) is 0 Å². The lowest BCUT2D eigenvalue weighted by Gasteiger charge is -2.25. The quantitative estimate of drug-likeness (QED) is 0.695. The van der Waals surface area contributed by atoms with Crippen LogP contribution in [-0.2, 0) is 0 Å². The maximum absolute atomic E-state index is 2.49. The van der Waals surface area contributed by atoms with Crippen LogP contribution in [0.2, 0.25) is 13.1 Å². The van der Waals surface area contributed by atoms with Gasteiger partial charge in [0.05, 0.1) is 0 Å². The second kappa shape index (κ2) is 4.04. The van der Waals surface area contributed by atoms with Gasteiger partial charge in [-0.2, -0.15) is 0 Å². The fourth-order valence-corrected chi connectivity index (χ4v) is 8.99. The third-order valence-electron chi connectivity index (χ3n) is 3.58. The molecule has 1 aliphatic rings. The lowest BCUT2D eigenvalue weighted by molar-refractivity contribution is 1.30. The molecule has 0 N–H and O–H groups in total. The molecule has 2 heteroatoms. The van der Waals surface area contributed by atoms with Crippen molar-refractivity contribution in [3.8, 4) is 0 Å². The summed E-state index contributed by atoms with van der Waals surface area (Å²) in [7, 11) is -1.37. The molecule has 86 valence electrons. The van der Waals surface area contributed by atoms with Crippen LogP contribution in [-0.4, -0.2) is 8.07 Å². The molecule has 0 nitrogen and oxygen atoms in total. The summed E-state index contributed by atoms with van der Waals surface area (Å²) in [4.78, 5) is 2.17. The standard InChI is InChI=1S/C15H16SSi/c1-17(2)14-11-7-6-10-13(14)16-15(17)12-8-4-3-5-9-12/h3-11,15H,1-2H3. The molecular formula is C15H16SSi. The predicted octanol–water partition coefficient (Wildman–Crippen LogP) is 3.99. The topological polar surface area (TPSA) is 0 Å². The van der Waals surface area contributed by atoms with E-state index in [0.29, 0.717) is 4.87 Å². The maximum atomic E-state index is 2.49. The normalized spacial score (nSPS) is 21.2. The molecule has 0 amide bonds. The average molecular weight is 256 g/mol. The average Bonchev–Trinajstić information content (AvgIpc) is 2.63. The van der Waals surface area contributed by atoms with Crippen molar-refractivity contribution in [3.63, 3.8) is 0 Å². The first-order chi connectivity index (χ1) is 8.19. The van der Waals surface area contributed by atoms with Crippen molar-refractivity contribution >= 4 is 25.0 Å². The highest BCUT2D eigenvalue weighted by atomic mass is 32.2. The number of benzene rings is 2. The Labute approximate surface area is 108 Å². The van der Waals surface area contributed by atoms with Crippen molar-refractivity contribution in [3.05, 3.63) is 60.2 Å². The Hall–Kier alpha value is -0.993. The van der Waals surface area contributed by atoms with Gasteiger partial charge in [-0.05, 0) is 16.8 Å².